The Hall–Kier alpha value is -1.58. The fourth-order valence-electron chi connectivity index (χ4n) is 1.62. The van der Waals surface area contributed by atoms with E-state index in [1.54, 1.807) is 23.9 Å². The lowest BCUT2D eigenvalue weighted by Crippen LogP contribution is -2.07. The number of hydrogen-bond acceptors (Lipinski definition) is 8. The van der Waals surface area contributed by atoms with Gasteiger partial charge in [-0.05, 0) is 18.4 Å². The summed E-state index contributed by atoms with van der Waals surface area (Å²) in [4.78, 5) is 19.2. The van der Waals surface area contributed by atoms with Crippen molar-refractivity contribution >= 4 is 51.5 Å². The van der Waals surface area contributed by atoms with Gasteiger partial charge in [0.25, 0.3) is 5.56 Å². The van der Waals surface area contributed by atoms with Gasteiger partial charge in [0.15, 0.2) is 8.68 Å². The number of nitrogens with zero attached hydrogens (tertiary/aromatic N) is 3. The number of nitrogens with two attached hydrogens (primary N) is 1. The summed E-state index contributed by atoms with van der Waals surface area (Å²) >= 11 is 4.48. The molecule has 0 aliphatic rings. The standard InChI is InChI=1S/C11H9N5OS3/c1-18-10-15-16-11(20-10)19-8-3-7-5(2-6(8)12)9(17)14-4-13-7/h2-4H,12H2,1H3,(H,13,14,17). The van der Waals surface area contributed by atoms with Gasteiger partial charge < -0.3 is 10.7 Å². The molecule has 20 heavy (non-hydrogen) atoms. The molecular weight excluding hydrogens is 314 g/mol. The van der Waals surface area contributed by atoms with E-state index in [-0.39, 0.29) is 5.56 Å². The highest BCUT2D eigenvalue weighted by molar-refractivity contribution is 8.03. The van der Waals surface area contributed by atoms with Crippen LogP contribution in [-0.2, 0) is 0 Å². The van der Waals surface area contributed by atoms with Crippen LogP contribution >= 0.6 is 34.9 Å². The molecular formula is C11H9N5OS3. The summed E-state index contributed by atoms with van der Waals surface area (Å²) in [7, 11) is 0. The first-order valence-electron chi connectivity index (χ1n) is 5.49. The molecule has 0 radical (unpaired) electrons. The molecule has 3 rings (SSSR count). The molecule has 9 heteroatoms. The van der Waals surface area contributed by atoms with E-state index in [0.29, 0.717) is 16.6 Å². The first kappa shape index (κ1) is 13.4. The van der Waals surface area contributed by atoms with Crippen LogP contribution in [0, 0.1) is 0 Å². The Morgan fingerprint density at radius 1 is 1.30 bits per heavy atom. The summed E-state index contributed by atoms with van der Waals surface area (Å²) in [6.07, 6.45) is 3.33. The molecule has 0 atom stereocenters. The third-order valence-electron chi connectivity index (χ3n) is 2.53. The SMILES string of the molecule is CSc1nnc(Sc2cc3nc[nH]c(=O)c3cc2N)s1. The minimum Gasteiger partial charge on any atom is -0.398 e. The molecule has 0 saturated heterocycles. The number of nitrogen functional groups attached to an aromatic ring is 1. The molecule has 0 fully saturated rings. The zero-order chi connectivity index (χ0) is 14.1. The van der Waals surface area contributed by atoms with Crippen molar-refractivity contribution < 1.29 is 0 Å². The predicted molar refractivity (Wildman–Crippen MR) is 82.6 cm³/mol. The highest BCUT2D eigenvalue weighted by Gasteiger charge is 2.10. The number of H-pyrrole nitrogens is 1. The average Bonchev–Trinajstić information content (AvgIpc) is 2.89. The van der Waals surface area contributed by atoms with Crippen molar-refractivity contribution in [2.24, 2.45) is 0 Å². The molecule has 1 aromatic carbocycles. The van der Waals surface area contributed by atoms with Crippen molar-refractivity contribution in [1.29, 1.82) is 0 Å². The van der Waals surface area contributed by atoms with E-state index < -0.39 is 0 Å². The largest absolute Gasteiger partial charge is 0.398 e. The van der Waals surface area contributed by atoms with Crippen molar-refractivity contribution in [1.82, 2.24) is 20.2 Å². The molecule has 0 spiro atoms. The van der Waals surface area contributed by atoms with Crippen molar-refractivity contribution in [2.45, 2.75) is 13.6 Å². The second-order valence-electron chi connectivity index (χ2n) is 3.78. The van der Waals surface area contributed by atoms with E-state index in [2.05, 4.69) is 20.2 Å². The van der Waals surface area contributed by atoms with Gasteiger partial charge in [0.1, 0.15) is 0 Å². The van der Waals surface area contributed by atoms with E-state index >= 15 is 0 Å². The lowest BCUT2D eigenvalue weighted by atomic mass is 10.2. The van der Waals surface area contributed by atoms with Gasteiger partial charge in [-0.2, -0.15) is 0 Å². The lowest BCUT2D eigenvalue weighted by molar-refractivity contribution is 0.956. The number of hydrogen-bond donors (Lipinski definition) is 2. The summed E-state index contributed by atoms with van der Waals surface area (Å²) in [5.74, 6) is 0. The molecule has 2 heterocycles. The van der Waals surface area contributed by atoms with Gasteiger partial charge in [-0.1, -0.05) is 34.9 Å². The maximum atomic E-state index is 11.7. The van der Waals surface area contributed by atoms with Crippen LogP contribution in [0.3, 0.4) is 0 Å². The summed E-state index contributed by atoms with van der Waals surface area (Å²) in [6.45, 7) is 0. The van der Waals surface area contributed by atoms with Crippen molar-refractivity contribution in [3.05, 3.63) is 28.8 Å². The van der Waals surface area contributed by atoms with Crippen LogP contribution in [0.5, 0.6) is 0 Å². The Balaban J connectivity index is 2.03. The molecule has 0 unspecified atom stereocenters. The van der Waals surface area contributed by atoms with E-state index in [0.717, 1.165) is 13.6 Å². The Kier molecular flexibility index (Phi) is 3.64. The molecule has 3 N–H and O–H groups in total. The van der Waals surface area contributed by atoms with Gasteiger partial charge in [0.2, 0.25) is 0 Å². The fourth-order valence-corrected chi connectivity index (χ4v) is 4.07. The van der Waals surface area contributed by atoms with E-state index in [1.807, 2.05) is 6.26 Å². The number of rotatable bonds is 3. The first-order chi connectivity index (χ1) is 9.67. The van der Waals surface area contributed by atoms with Gasteiger partial charge in [-0.15, -0.1) is 10.2 Å². The summed E-state index contributed by atoms with van der Waals surface area (Å²) in [5.41, 5.74) is 6.94. The Labute approximate surface area is 126 Å². The van der Waals surface area contributed by atoms with E-state index in [4.69, 9.17) is 5.73 Å². The zero-order valence-corrected chi connectivity index (χ0v) is 12.7. The van der Waals surface area contributed by atoms with Gasteiger partial charge in [-0.25, -0.2) is 4.98 Å². The quantitative estimate of drug-likeness (QED) is 0.563. The summed E-state index contributed by atoms with van der Waals surface area (Å²) in [5, 5.41) is 8.61. The minimum absolute atomic E-state index is 0.196. The topological polar surface area (TPSA) is 97.5 Å². The predicted octanol–water partition coefficient (Wildman–Crippen LogP) is 2.23. The summed E-state index contributed by atoms with van der Waals surface area (Å²) in [6, 6.07) is 3.44. The molecule has 0 bridgehead atoms. The zero-order valence-electron chi connectivity index (χ0n) is 10.3. The molecule has 0 amide bonds. The van der Waals surface area contributed by atoms with Crippen LogP contribution in [0.4, 0.5) is 5.69 Å². The lowest BCUT2D eigenvalue weighted by Gasteiger charge is -2.04. The highest BCUT2D eigenvalue weighted by atomic mass is 32.2. The van der Waals surface area contributed by atoms with Gasteiger partial charge in [-0.3, -0.25) is 4.79 Å². The number of fused-ring (bicyclic) bond motifs is 1. The molecule has 0 aliphatic heterocycles. The average molecular weight is 323 g/mol. The normalized spacial score (nSPS) is 11.1. The molecule has 3 aromatic rings. The van der Waals surface area contributed by atoms with Crippen LogP contribution < -0.4 is 11.3 Å². The smallest absolute Gasteiger partial charge is 0.258 e. The fraction of sp³-hybridized carbons (Fsp3) is 0.0909. The van der Waals surface area contributed by atoms with Crippen molar-refractivity contribution in [2.75, 3.05) is 12.0 Å². The number of anilines is 1. The maximum Gasteiger partial charge on any atom is 0.258 e. The number of nitrogens with one attached hydrogen (secondary N) is 1. The first-order valence-corrected chi connectivity index (χ1v) is 8.35. The number of thioether (sulfide) groups is 1. The van der Waals surface area contributed by atoms with Crippen LogP contribution in [0.15, 0.2) is 36.8 Å². The second kappa shape index (κ2) is 5.43. The van der Waals surface area contributed by atoms with Gasteiger partial charge in [0, 0.05) is 10.6 Å². The van der Waals surface area contributed by atoms with Crippen LogP contribution in [0.1, 0.15) is 0 Å². The van der Waals surface area contributed by atoms with Crippen molar-refractivity contribution in [3.63, 3.8) is 0 Å². The Bertz CT molecular complexity index is 828. The minimum atomic E-state index is -0.196. The van der Waals surface area contributed by atoms with Crippen LogP contribution in [0.25, 0.3) is 10.9 Å². The Morgan fingerprint density at radius 2 is 2.10 bits per heavy atom. The monoisotopic (exact) mass is 323 g/mol. The third kappa shape index (κ3) is 2.51. The number of aromatic amines is 1. The molecule has 102 valence electrons. The maximum absolute atomic E-state index is 11.7. The van der Waals surface area contributed by atoms with E-state index in [9.17, 15) is 4.79 Å². The molecule has 0 saturated carbocycles. The number of benzene rings is 1. The molecule has 2 aromatic heterocycles. The van der Waals surface area contributed by atoms with Gasteiger partial charge in [0.05, 0.1) is 17.2 Å². The third-order valence-corrected chi connectivity index (χ3v) is 5.56. The molecule has 6 nitrogen and oxygen atoms in total. The molecule has 0 aliphatic carbocycles. The van der Waals surface area contributed by atoms with Gasteiger partial charge >= 0.3 is 0 Å². The number of aromatic nitrogens is 4. The summed E-state index contributed by atoms with van der Waals surface area (Å²) < 4.78 is 1.71. The highest BCUT2D eigenvalue weighted by Crippen LogP contribution is 2.36. The second-order valence-corrected chi connectivity index (χ2v) is 7.10. The van der Waals surface area contributed by atoms with Crippen molar-refractivity contribution in [3.8, 4) is 0 Å². The van der Waals surface area contributed by atoms with Crippen LogP contribution in [0.2, 0.25) is 0 Å². The van der Waals surface area contributed by atoms with E-state index in [1.165, 1.54) is 29.4 Å². The van der Waals surface area contributed by atoms with Crippen LogP contribution in [-0.4, -0.2) is 26.4 Å². The Morgan fingerprint density at radius 3 is 2.85 bits per heavy atom.